The summed E-state index contributed by atoms with van der Waals surface area (Å²) in [6.07, 6.45) is 1.76. The van der Waals surface area contributed by atoms with Crippen LogP contribution in [0.5, 0.6) is 17.2 Å². The Balaban J connectivity index is 1.51. The lowest BCUT2D eigenvalue weighted by Gasteiger charge is -2.26. The molecule has 0 radical (unpaired) electrons. The third kappa shape index (κ3) is 6.50. The van der Waals surface area contributed by atoms with Crippen molar-refractivity contribution < 1.29 is 28.7 Å². The van der Waals surface area contributed by atoms with Gasteiger partial charge in [0, 0.05) is 17.7 Å². The van der Waals surface area contributed by atoms with Crippen LogP contribution in [-0.4, -0.2) is 35.8 Å². The number of nitrogens with zero attached hydrogens (tertiary/aromatic N) is 3. The minimum Gasteiger partial charge on any atom is -0.493 e. The number of thiazole rings is 1. The van der Waals surface area contributed by atoms with E-state index in [4.69, 9.17) is 18.9 Å². The number of methoxy groups -OCH3 is 1. The zero-order valence-corrected chi connectivity index (χ0v) is 26.0. The zero-order valence-electron chi connectivity index (χ0n) is 25.1. The van der Waals surface area contributed by atoms with Gasteiger partial charge in [0.1, 0.15) is 18.4 Å². The molecule has 5 rings (SSSR count). The molecule has 0 amide bonds. The highest BCUT2D eigenvalue weighted by Gasteiger charge is 2.36. The fourth-order valence-electron chi connectivity index (χ4n) is 4.99. The van der Waals surface area contributed by atoms with Crippen LogP contribution >= 0.6 is 11.3 Å². The van der Waals surface area contributed by atoms with E-state index in [1.807, 2.05) is 25.1 Å². The van der Waals surface area contributed by atoms with Crippen LogP contribution in [0.15, 0.2) is 87.8 Å². The van der Waals surface area contributed by atoms with Gasteiger partial charge in [-0.2, -0.15) is 0 Å². The van der Waals surface area contributed by atoms with Gasteiger partial charge >= 0.3 is 5.97 Å². The third-order valence-corrected chi connectivity index (χ3v) is 8.04. The zero-order chi connectivity index (χ0) is 32.1. The lowest BCUT2D eigenvalue weighted by Crippen LogP contribution is -2.40. The molecule has 232 valence electrons. The minimum absolute atomic E-state index is 0.0187. The number of ether oxygens (including phenoxy) is 4. The molecule has 2 heterocycles. The molecule has 3 aromatic carbocycles. The number of aromatic nitrogens is 1. The van der Waals surface area contributed by atoms with Crippen LogP contribution in [-0.2, 0) is 16.1 Å². The molecule has 1 atom stereocenters. The fourth-order valence-corrected chi connectivity index (χ4v) is 6.03. The smallest absolute Gasteiger partial charge is 0.338 e. The number of nitro groups is 1. The van der Waals surface area contributed by atoms with E-state index >= 15 is 0 Å². The van der Waals surface area contributed by atoms with Gasteiger partial charge in [0.2, 0.25) is 0 Å². The average molecular weight is 630 g/mol. The van der Waals surface area contributed by atoms with Crippen molar-refractivity contribution in [3.8, 4) is 17.2 Å². The number of hydrogen-bond donors (Lipinski definition) is 0. The number of carbonyl (C=O) groups excluding carboxylic acids is 1. The summed E-state index contributed by atoms with van der Waals surface area (Å²) in [6, 6.07) is 17.9. The largest absolute Gasteiger partial charge is 0.493 e. The van der Waals surface area contributed by atoms with Crippen LogP contribution < -0.4 is 29.1 Å². The van der Waals surface area contributed by atoms with Gasteiger partial charge in [0.05, 0.1) is 41.0 Å². The van der Waals surface area contributed by atoms with Gasteiger partial charge in [0.15, 0.2) is 16.3 Å². The summed E-state index contributed by atoms with van der Waals surface area (Å²) < 4.78 is 24.7. The summed E-state index contributed by atoms with van der Waals surface area (Å²) in [5.41, 5.74) is 2.53. The van der Waals surface area contributed by atoms with Crippen molar-refractivity contribution in [3.05, 3.63) is 124 Å². The number of esters is 1. The molecule has 11 nitrogen and oxygen atoms in total. The number of benzene rings is 3. The number of allylic oxidation sites excluding steroid dienone is 1. The number of carbonyl (C=O) groups is 1. The monoisotopic (exact) mass is 629 g/mol. The van der Waals surface area contributed by atoms with Crippen molar-refractivity contribution in [3.63, 3.8) is 0 Å². The first-order valence-corrected chi connectivity index (χ1v) is 15.0. The summed E-state index contributed by atoms with van der Waals surface area (Å²) in [6.45, 7) is 6.05. The lowest BCUT2D eigenvalue weighted by molar-refractivity contribution is -0.384. The molecule has 0 fully saturated rings. The normalized spacial score (nSPS) is 14.4. The Hall–Kier alpha value is -5.23. The first-order chi connectivity index (χ1) is 21.7. The topological polar surface area (TPSA) is 131 Å². The van der Waals surface area contributed by atoms with Crippen LogP contribution in [0.25, 0.3) is 6.08 Å². The standard InChI is InChI=1S/C33H31N3O8S/c1-5-42-30-25(8-7-9-26(30)41-4)29-28(32(38)43-6-2)20(3)34-33-35(29)31(37)27(45-33)18-21-12-16-24(17-13-21)44-19-22-10-14-23(15-11-22)36(39)40/h7-18,29H,5-6,19H2,1-4H3/b27-18+/t29-/m0/s1. The van der Waals surface area contributed by atoms with Crippen molar-refractivity contribution >= 4 is 29.1 Å². The molecule has 12 heteroatoms. The molecule has 0 bridgehead atoms. The SMILES string of the molecule is CCOC(=O)C1=C(C)N=c2s/c(=C/c3ccc(OCc4ccc([N+](=O)[O-])cc4)cc3)c(=O)n2[C@H]1c1cccc(OC)c1OCC. The molecule has 0 N–H and O–H groups in total. The van der Waals surface area contributed by atoms with Crippen LogP contribution in [0.1, 0.15) is 43.5 Å². The number of non-ortho nitro benzene ring substituents is 1. The second kappa shape index (κ2) is 13.6. The molecule has 45 heavy (non-hydrogen) atoms. The number of para-hydroxylation sites is 1. The molecule has 0 unspecified atom stereocenters. The second-order valence-corrected chi connectivity index (χ2v) is 10.9. The fraction of sp³-hybridized carbons (Fsp3) is 0.242. The maximum atomic E-state index is 14.0. The molecular weight excluding hydrogens is 598 g/mol. The summed E-state index contributed by atoms with van der Waals surface area (Å²) >= 11 is 1.22. The number of fused-ring (bicyclic) bond motifs is 1. The highest BCUT2D eigenvalue weighted by atomic mass is 32.1. The minimum atomic E-state index is -0.853. The molecule has 1 aliphatic rings. The van der Waals surface area contributed by atoms with E-state index in [0.29, 0.717) is 44.4 Å². The lowest BCUT2D eigenvalue weighted by atomic mass is 9.94. The van der Waals surface area contributed by atoms with E-state index in [1.165, 1.54) is 35.1 Å². The Labute approximate surface area is 262 Å². The van der Waals surface area contributed by atoms with Gasteiger partial charge in [-0.1, -0.05) is 35.6 Å². The van der Waals surface area contributed by atoms with E-state index in [9.17, 15) is 19.7 Å². The van der Waals surface area contributed by atoms with Crippen LogP contribution in [0.2, 0.25) is 0 Å². The Morgan fingerprint density at radius 2 is 1.78 bits per heavy atom. The van der Waals surface area contributed by atoms with Gasteiger partial charge in [-0.15, -0.1) is 0 Å². The molecule has 0 spiro atoms. The summed E-state index contributed by atoms with van der Waals surface area (Å²) in [5, 5.41) is 10.9. The van der Waals surface area contributed by atoms with Gasteiger partial charge in [0.25, 0.3) is 11.2 Å². The summed E-state index contributed by atoms with van der Waals surface area (Å²) in [5.74, 6) is 0.948. The Bertz CT molecular complexity index is 1940. The first-order valence-electron chi connectivity index (χ1n) is 14.2. The van der Waals surface area contributed by atoms with Gasteiger partial charge in [-0.05, 0) is 68.3 Å². The maximum Gasteiger partial charge on any atom is 0.338 e. The van der Waals surface area contributed by atoms with Gasteiger partial charge in [-0.3, -0.25) is 19.5 Å². The highest BCUT2D eigenvalue weighted by molar-refractivity contribution is 7.07. The third-order valence-electron chi connectivity index (χ3n) is 7.06. The van der Waals surface area contributed by atoms with E-state index in [1.54, 1.807) is 56.3 Å². The van der Waals surface area contributed by atoms with Crippen LogP contribution in [0, 0.1) is 10.1 Å². The van der Waals surface area contributed by atoms with E-state index in [0.717, 1.165) is 11.1 Å². The molecule has 1 aliphatic heterocycles. The molecule has 0 saturated carbocycles. The number of hydrogen-bond acceptors (Lipinski definition) is 10. The molecule has 0 aliphatic carbocycles. The molecule has 4 aromatic rings. The van der Waals surface area contributed by atoms with Crippen molar-refractivity contribution in [1.82, 2.24) is 4.57 Å². The summed E-state index contributed by atoms with van der Waals surface area (Å²) in [7, 11) is 1.53. The Kier molecular flexibility index (Phi) is 9.43. The Morgan fingerprint density at radius 1 is 1.04 bits per heavy atom. The Morgan fingerprint density at radius 3 is 2.42 bits per heavy atom. The summed E-state index contributed by atoms with van der Waals surface area (Å²) in [4.78, 5) is 42.8. The average Bonchev–Trinajstić information content (AvgIpc) is 3.34. The first kappa shape index (κ1) is 31.2. The molecular formula is C33H31N3O8S. The van der Waals surface area contributed by atoms with Crippen molar-refractivity contribution in [2.75, 3.05) is 20.3 Å². The van der Waals surface area contributed by atoms with Crippen molar-refractivity contribution in [1.29, 1.82) is 0 Å². The van der Waals surface area contributed by atoms with Crippen LogP contribution in [0.4, 0.5) is 5.69 Å². The quantitative estimate of drug-likeness (QED) is 0.133. The van der Waals surface area contributed by atoms with Gasteiger partial charge < -0.3 is 18.9 Å². The van der Waals surface area contributed by atoms with Crippen LogP contribution in [0.3, 0.4) is 0 Å². The maximum absolute atomic E-state index is 14.0. The predicted molar refractivity (Wildman–Crippen MR) is 168 cm³/mol. The molecule has 1 aromatic heterocycles. The highest BCUT2D eigenvalue weighted by Crippen LogP contribution is 2.40. The molecule has 0 saturated heterocycles. The van der Waals surface area contributed by atoms with Crippen molar-refractivity contribution in [2.24, 2.45) is 4.99 Å². The number of rotatable bonds is 11. The van der Waals surface area contributed by atoms with Gasteiger partial charge in [-0.25, -0.2) is 9.79 Å². The van der Waals surface area contributed by atoms with E-state index in [2.05, 4.69) is 4.99 Å². The van der Waals surface area contributed by atoms with Crippen molar-refractivity contribution in [2.45, 2.75) is 33.4 Å². The second-order valence-electron chi connectivity index (χ2n) is 9.90. The van der Waals surface area contributed by atoms with E-state index in [-0.39, 0.29) is 30.0 Å². The van der Waals surface area contributed by atoms with E-state index < -0.39 is 16.9 Å². The predicted octanol–water partition coefficient (Wildman–Crippen LogP) is 4.69. The number of nitro benzene ring substituents is 1.